The summed E-state index contributed by atoms with van der Waals surface area (Å²) < 4.78 is 7.27. The SMILES string of the molecule is Cc1ccc(-c2nc(N)nc3c2nnn3Cc2ccc(N=O)c(C)c2)o1. The Morgan fingerprint density at radius 3 is 2.73 bits per heavy atom. The van der Waals surface area contributed by atoms with E-state index in [1.807, 2.05) is 38.1 Å². The van der Waals surface area contributed by atoms with Gasteiger partial charge in [0, 0.05) is 0 Å². The molecule has 4 aromatic rings. The molecule has 9 nitrogen and oxygen atoms in total. The van der Waals surface area contributed by atoms with Crippen molar-refractivity contribution in [3.8, 4) is 11.5 Å². The molecule has 26 heavy (non-hydrogen) atoms. The summed E-state index contributed by atoms with van der Waals surface area (Å²) in [7, 11) is 0. The van der Waals surface area contributed by atoms with E-state index in [2.05, 4.69) is 25.5 Å². The number of benzene rings is 1. The number of furan rings is 1. The first-order valence-electron chi connectivity index (χ1n) is 7.91. The smallest absolute Gasteiger partial charge is 0.222 e. The fourth-order valence-corrected chi connectivity index (χ4v) is 2.80. The number of nitrogens with zero attached hydrogens (tertiary/aromatic N) is 6. The van der Waals surface area contributed by atoms with Gasteiger partial charge in [0.05, 0.1) is 6.54 Å². The normalized spacial score (nSPS) is 11.2. The Kier molecular flexibility index (Phi) is 3.68. The molecule has 130 valence electrons. The first kappa shape index (κ1) is 15.9. The molecule has 0 saturated carbocycles. The molecule has 3 aromatic heterocycles. The lowest BCUT2D eigenvalue weighted by Gasteiger charge is -2.05. The van der Waals surface area contributed by atoms with E-state index >= 15 is 0 Å². The molecular weight excluding hydrogens is 334 g/mol. The van der Waals surface area contributed by atoms with E-state index in [0.717, 1.165) is 16.9 Å². The molecule has 0 amide bonds. The minimum absolute atomic E-state index is 0.113. The van der Waals surface area contributed by atoms with E-state index < -0.39 is 0 Å². The number of rotatable bonds is 4. The molecule has 0 fully saturated rings. The van der Waals surface area contributed by atoms with E-state index in [-0.39, 0.29) is 5.95 Å². The maximum Gasteiger partial charge on any atom is 0.222 e. The van der Waals surface area contributed by atoms with Crippen molar-refractivity contribution >= 4 is 22.8 Å². The Bertz CT molecular complexity index is 1130. The fraction of sp³-hybridized carbons (Fsp3) is 0.176. The van der Waals surface area contributed by atoms with Crippen LogP contribution in [0, 0.1) is 18.8 Å². The molecule has 4 rings (SSSR count). The molecule has 0 aliphatic rings. The van der Waals surface area contributed by atoms with Crippen molar-refractivity contribution in [2.45, 2.75) is 20.4 Å². The molecule has 0 aliphatic heterocycles. The fourth-order valence-electron chi connectivity index (χ4n) is 2.80. The number of aromatic nitrogens is 5. The summed E-state index contributed by atoms with van der Waals surface area (Å²) in [5, 5.41) is 11.4. The molecule has 0 aliphatic carbocycles. The van der Waals surface area contributed by atoms with Crippen molar-refractivity contribution in [3.63, 3.8) is 0 Å². The van der Waals surface area contributed by atoms with Crippen molar-refractivity contribution in [2.75, 3.05) is 5.73 Å². The van der Waals surface area contributed by atoms with Crippen molar-refractivity contribution in [2.24, 2.45) is 5.18 Å². The van der Waals surface area contributed by atoms with Crippen molar-refractivity contribution in [1.29, 1.82) is 0 Å². The molecule has 0 spiro atoms. The number of nitrogen functional groups attached to an aromatic ring is 1. The van der Waals surface area contributed by atoms with Crippen LogP contribution in [0.5, 0.6) is 0 Å². The summed E-state index contributed by atoms with van der Waals surface area (Å²) in [4.78, 5) is 19.3. The third-order valence-corrected chi connectivity index (χ3v) is 4.05. The van der Waals surface area contributed by atoms with E-state index in [1.165, 1.54) is 0 Å². The highest BCUT2D eigenvalue weighted by molar-refractivity contribution is 5.86. The first-order chi connectivity index (χ1) is 12.5. The van der Waals surface area contributed by atoms with Crippen LogP contribution in [-0.4, -0.2) is 25.0 Å². The Balaban J connectivity index is 1.79. The Labute approximate surface area is 147 Å². The van der Waals surface area contributed by atoms with Gasteiger partial charge in [-0.15, -0.1) is 10.0 Å². The number of hydrogen-bond acceptors (Lipinski definition) is 8. The summed E-state index contributed by atoms with van der Waals surface area (Å²) in [5.74, 6) is 1.43. The maximum absolute atomic E-state index is 10.7. The third-order valence-electron chi connectivity index (χ3n) is 4.05. The van der Waals surface area contributed by atoms with Crippen LogP contribution in [0.1, 0.15) is 16.9 Å². The van der Waals surface area contributed by atoms with Crippen LogP contribution in [-0.2, 0) is 6.54 Å². The molecule has 0 radical (unpaired) electrons. The Morgan fingerprint density at radius 2 is 2.04 bits per heavy atom. The zero-order valence-corrected chi connectivity index (χ0v) is 14.2. The van der Waals surface area contributed by atoms with E-state index in [0.29, 0.717) is 34.9 Å². The quantitative estimate of drug-likeness (QED) is 0.561. The molecule has 1 aromatic carbocycles. The second kappa shape index (κ2) is 6.03. The number of aryl methyl sites for hydroxylation is 2. The molecule has 9 heteroatoms. The van der Waals surface area contributed by atoms with Gasteiger partial charge in [-0.2, -0.15) is 4.98 Å². The standard InChI is InChI=1S/C17H15N7O2/c1-9-7-11(4-5-12(9)22-25)8-24-16-15(21-23-24)14(19-17(18)20-16)13-6-3-10(2)26-13/h3-7H,8H2,1-2H3,(H2,18,19,20). The predicted octanol–water partition coefficient (Wildman–Crippen LogP) is 3.13. The highest BCUT2D eigenvalue weighted by Crippen LogP contribution is 2.27. The van der Waals surface area contributed by atoms with E-state index in [9.17, 15) is 4.91 Å². The number of fused-ring (bicyclic) bond motifs is 1. The Morgan fingerprint density at radius 1 is 1.19 bits per heavy atom. The molecule has 0 saturated heterocycles. The molecule has 2 N–H and O–H groups in total. The van der Waals surface area contributed by atoms with Crippen LogP contribution in [0.3, 0.4) is 0 Å². The summed E-state index contributed by atoms with van der Waals surface area (Å²) in [6.45, 7) is 4.10. The highest BCUT2D eigenvalue weighted by Gasteiger charge is 2.17. The summed E-state index contributed by atoms with van der Waals surface area (Å²) in [6, 6.07) is 9.03. The van der Waals surface area contributed by atoms with Crippen LogP contribution in [0.2, 0.25) is 0 Å². The van der Waals surface area contributed by atoms with Crippen molar-refractivity contribution in [1.82, 2.24) is 25.0 Å². The average Bonchev–Trinajstić information content (AvgIpc) is 3.21. The first-order valence-corrected chi connectivity index (χ1v) is 7.91. The number of nitroso groups, excluding NO2 is 1. The van der Waals surface area contributed by atoms with Gasteiger partial charge in [0.15, 0.2) is 16.9 Å². The van der Waals surface area contributed by atoms with E-state index in [1.54, 1.807) is 10.7 Å². The van der Waals surface area contributed by atoms with Gasteiger partial charge in [-0.25, -0.2) is 9.67 Å². The average molecular weight is 349 g/mol. The number of hydrogen-bond donors (Lipinski definition) is 1. The lowest BCUT2D eigenvalue weighted by atomic mass is 10.1. The topological polar surface area (TPSA) is 125 Å². The van der Waals surface area contributed by atoms with E-state index in [4.69, 9.17) is 10.2 Å². The van der Waals surface area contributed by atoms with Crippen molar-refractivity contribution < 1.29 is 4.42 Å². The van der Waals surface area contributed by atoms with Gasteiger partial charge in [-0.05, 0) is 48.4 Å². The van der Waals surface area contributed by atoms with Crippen LogP contribution in [0.4, 0.5) is 11.6 Å². The zero-order valence-electron chi connectivity index (χ0n) is 14.2. The second-order valence-corrected chi connectivity index (χ2v) is 5.97. The third kappa shape index (κ3) is 2.69. The molecule has 3 heterocycles. The number of nitrogens with two attached hydrogens (primary N) is 1. The number of anilines is 1. The zero-order chi connectivity index (χ0) is 18.3. The second-order valence-electron chi connectivity index (χ2n) is 5.97. The monoisotopic (exact) mass is 349 g/mol. The predicted molar refractivity (Wildman–Crippen MR) is 95.7 cm³/mol. The van der Waals surface area contributed by atoms with Gasteiger partial charge in [-0.1, -0.05) is 17.3 Å². The molecule has 0 bridgehead atoms. The summed E-state index contributed by atoms with van der Waals surface area (Å²) in [5.41, 5.74) is 9.55. The molecular formula is C17H15N7O2. The summed E-state index contributed by atoms with van der Waals surface area (Å²) in [6.07, 6.45) is 0. The van der Waals surface area contributed by atoms with Gasteiger partial charge in [-0.3, -0.25) is 0 Å². The van der Waals surface area contributed by atoms with Crippen LogP contribution in [0.15, 0.2) is 39.9 Å². The maximum atomic E-state index is 10.7. The van der Waals surface area contributed by atoms with Gasteiger partial charge in [0.2, 0.25) is 5.95 Å². The minimum Gasteiger partial charge on any atom is -0.460 e. The molecule has 0 atom stereocenters. The van der Waals surface area contributed by atoms with Gasteiger partial charge >= 0.3 is 0 Å². The highest BCUT2D eigenvalue weighted by atomic mass is 16.3. The van der Waals surface area contributed by atoms with Crippen LogP contribution < -0.4 is 5.73 Å². The lowest BCUT2D eigenvalue weighted by molar-refractivity contribution is 0.547. The van der Waals surface area contributed by atoms with Gasteiger partial charge < -0.3 is 10.2 Å². The molecule has 0 unspecified atom stereocenters. The summed E-state index contributed by atoms with van der Waals surface area (Å²) >= 11 is 0. The van der Waals surface area contributed by atoms with Crippen molar-refractivity contribution in [3.05, 3.63) is 52.1 Å². The van der Waals surface area contributed by atoms with Gasteiger partial charge in [0.1, 0.15) is 17.1 Å². The Hall–Kier alpha value is -3.62. The minimum atomic E-state index is 0.113. The van der Waals surface area contributed by atoms with Crippen LogP contribution >= 0.6 is 0 Å². The van der Waals surface area contributed by atoms with Crippen LogP contribution in [0.25, 0.3) is 22.6 Å². The van der Waals surface area contributed by atoms with Gasteiger partial charge in [0.25, 0.3) is 0 Å². The lowest BCUT2D eigenvalue weighted by Crippen LogP contribution is -2.05. The largest absolute Gasteiger partial charge is 0.460 e.